The Balaban J connectivity index is 2.59. The van der Waals surface area contributed by atoms with E-state index in [1.54, 1.807) is 0 Å². The number of hydrazine groups is 1. The van der Waals surface area contributed by atoms with Crippen LogP contribution in [0.4, 0.5) is 0 Å². The van der Waals surface area contributed by atoms with Crippen molar-refractivity contribution in [1.82, 2.24) is 5.01 Å². The minimum atomic E-state index is 0.612. The molecule has 0 radical (unpaired) electrons. The molecule has 0 aliphatic rings. The number of hydrazone groups is 1. The van der Waals surface area contributed by atoms with Crippen molar-refractivity contribution in [2.45, 2.75) is 13.5 Å². The van der Waals surface area contributed by atoms with Crippen LogP contribution in [0.1, 0.15) is 11.1 Å². The van der Waals surface area contributed by atoms with E-state index in [-0.39, 0.29) is 0 Å². The van der Waals surface area contributed by atoms with Gasteiger partial charge in [-0.2, -0.15) is 5.10 Å². The highest BCUT2D eigenvalue weighted by Gasteiger charge is 1.95. The topological polar surface area (TPSA) is 67.6 Å². The number of hydrogen-bond acceptors (Lipinski definition) is 3. The Morgan fingerprint density at radius 2 is 2.00 bits per heavy atom. The van der Waals surface area contributed by atoms with Crippen molar-refractivity contribution in [3.8, 4) is 0 Å². The molecular formula is C9H14N4. The number of benzene rings is 1. The summed E-state index contributed by atoms with van der Waals surface area (Å²) in [5.74, 6) is 10.5. The number of rotatable bonds is 3. The summed E-state index contributed by atoms with van der Waals surface area (Å²) in [4.78, 5) is 0. The molecule has 4 nitrogen and oxygen atoms in total. The quantitative estimate of drug-likeness (QED) is 0.308. The Hall–Kier alpha value is -1.55. The van der Waals surface area contributed by atoms with Crippen molar-refractivity contribution in [2.75, 3.05) is 0 Å². The molecule has 0 saturated heterocycles. The van der Waals surface area contributed by atoms with E-state index >= 15 is 0 Å². The fraction of sp³-hybridized carbons (Fsp3) is 0.222. The Morgan fingerprint density at radius 1 is 1.38 bits per heavy atom. The molecule has 4 N–H and O–H groups in total. The van der Waals surface area contributed by atoms with E-state index in [0.717, 1.165) is 5.56 Å². The van der Waals surface area contributed by atoms with Crippen molar-refractivity contribution < 1.29 is 0 Å². The van der Waals surface area contributed by atoms with Gasteiger partial charge in [-0.3, -0.25) is 5.01 Å². The molecule has 4 heteroatoms. The minimum absolute atomic E-state index is 0.612. The van der Waals surface area contributed by atoms with E-state index in [1.165, 1.54) is 16.9 Å². The molecule has 0 bridgehead atoms. The van der Waals surface area contributed by atoms with Crippen LogP contribution in [0, 0.1) is 6.92 Å². The molecule has 0 aliphatic heterocycles. The van der Waals surface area contributed by atoms with Crippen LogP contribution in [0.5, 0.6) is 0 Å². The average Bonchev–Trinajstić information content (AvgIpc) is 2.09. The Labute approximate surface area is 77.8 Å². The zero-order chi connectivity index (χ0) is 9.68. The number of nitrogens with two attached hydrogens (primary N) is 2. The highest BCUT2D eigenvalue weighted by atomic mass is 15.4. The minimum Gasteiger partial charge on any atom is -0.322 e. The van der Waals surface area contributed by atoms with Gasteiger partial charge in [0, 0.05) is 0 Å². The third-order valence-electron chi connectivity index (χ3n) is 1.70. The fourth-order valence-electron chi connectivity index (χ4n) is 1.03. The van der Waals surface area contributed by atoms with E-state index in [4.69, 9.17) is 11.7 Å². The molecule has 0 aromatic heterocycles. The smallest absolute Gasteiger partial charge is 0.125 e. The lowest BCUT2D eigenvalue weighted by Crippen LogP contribution is -2.29. The second-order valence-electron chi connectivity index (χ2n) is 2.92. The van der Waals surface area contributed by atoms with Crippen LogP contribution >= 0.6 is 0 Å². The maximum Gasteiger partial charge on any atom is 0.125 e. The monoisotopic (exact) mass is 178 g/mol. The number of hydrogen-bond donors (Lipinski definition) is 2. The lowest BCUT2D eigenvalue weighted by atomic mass is 10.1. The number of aryl methyl sites for hydroxylation is 1. The second-order valence-corrected chi connectivity index (χ2v) is 2.92. The van der Waals surface area contributed by atoms with Crippen LogP contribution < -0.4 is 11.7 Å². The molecule has 0 unspecified atom stereocenters. The van der Waals surface area contributed by atoms with Crippen LogP contribution in [-0.4, -0.2) is 11.3 Å². The van der Waals surface area contributed by atoms with Crippen LogP contribution in [0.15, 0.2) is 29.4 Å². The first-order valence-electron chi connectivity index (χ1n) is 4.02. The van der Waals surface area contributed by atoms with E-state index in [1.807, 2.05) is 31.2 Å². The number of nitrogens with zero attached hydrogens (tertiary/aromatic N) is 2. The highest BCUT2D eigenvalue weighted by molar-refractivity contribution is 5.53. The summed E-state index contributed by atoms with van der Waals surface area (Å²) in [6.07, 6.45) is 1.39. The Morgan fingerprint density at radius 3 is 2.54 bits per heavy atom. The first-order chi connectivity index (χ1) is 6.22. The zero-order valence-corrected chi connectivity index (χ0v) is 7.64. The first-order valence-corrected chi connectivity index (χ1v) is 4.02. The standard InChI is InChI=1S/C9H14N4/c1-8-2-4-9(5-3-8)6-13(11)7-12-10/h2-5,7H,6,10-11H2,1H3/b12-7-. The molecular weight excluding hydrogens is 164 g/mol. The summed E-state index contributed by atoms with van der Waals surface area (Å²) in [5.41, 5.74) is 2.37. The predicted octanol–water partition coefficient (Wildman–Crippen LogP) is 0.573. The molecule has 1 aromatic carbocycles. The summed E-state index contributed by atoms with van der Waals surface area (Å²) < 4.78 is 0. The third-order valence-corrected chi connectivity index (χ3v) is 1.70. The second kappa shape index (κ2) is 4.47. The molecule has 1 aromatic rings. The SMILES string of the molecule is Cc1ccc(CN(N)/C=N\N)cc1. The average molecular weight is 178 g/mol. The molecule has 1 rings (SSSR count). The van der Waals surface area contributed by atoms with Gasteiger partial charge >= 0.3 is 0 Å². The van der Waals surface area contributed by atoms with Crippen LogP contribution in [0.25, 0.3) is 0 Å². The maximum atomic E-state index is 5.56. The molecule has 0 saturated carbocycles. The van der Waals surface area contributed by atoms with Crippen LogP contribution in [0.2, 0.25) is 0 Å². The molecule has 0 atom stereocenters. The lowest BCUT2D eigenvalue weighted by molar-refractivity contribution is 0.446. The van der Waals surface area contributed by atoms with Gasteiger partial charge in [-0.1, -0.05) is 29.8 Å². The molecule has 0 spiro atoms. The summed E-state index contributed by atoms with van der Waals surface area (Å²) in [7, 11) is 0. The zero-order valence-electron chi connectivity index (χ0n) is 7.64. The maximum absolute atomic E-state index is 5.56. The van der Waals surface area contributed by atoms with Gasteiger partial charge in [-0.15, -0.1) is 0 Å². The molecule has 0 fully saturated rings. The summed E-state index contributed by atoms with van der Waals surface area (Å²) >= 11 is 0. The Bertz CT molecular complexity index is 278. The van der Waals surface area contributed by atoms with Gasteiger partial charge in [0.05, 0.1) is 6.54 Å². The van der Waals surface area contributed by atoms with Crippen molar-refractivity contribution in [1.29, 1.82) is 0 Å². The largest absolute Gasteiger partial charge is 0.322 e. The molecule has 0 heterocycles. The van der Waals surface area contributed by atoms with Crippen LogP contribution in [0.3, 0.4) is 0 Å². The van der Waals surface area contributed by atoms with Gasteiger partial charge < -0.3 is 5.84 Å². The van der Waals surface area contributed by atoms with Gasteiger partial charge in [0.15, 0.2) is 0 Å². The summed E-state index contributed by atoms with van der Waals surface area (Å²) in [6, 6.07) is 8.14. The Kier molecular flexibility index (Phi) is 3.28. The highest BCUT2D eigenvalue weighted by Crippen LogP contribution is 2.03. The van der Waals surface area contributed by atoms with Crippen molar-refractivity contribution in [3.05, 3.63) is 35.4 Å². The first kappa shape index (κ1) is 9.54. The van der Waals surface area contributed by atoms with Gasteiger partial charge in [0.25, 0.3) is 0 Å². The molecule has 0 aliphatic carbocycles. The van der Waals surface area contributed by atoms with E-state index < -0.39 is 0 Å². The predicted molar refractivity (Wildman–Crippen MR) is 53.6 cm³/mol. The lowest BCUT2D eigenvalue weighted by Gasteiger charge is -2.11. The normalized spacial score (nSPS) is 10.6. The molecule has 70 valence electrons. The molecule has 13 heavy (non-hydrogen) atoms. The van der Waals surface area contributed by atoms with Crippen molar-refractivity contribution in [3.63, 3.8) is 0 Å². The summed E-state index contributed by atoms with van der Waals surface area (Å²) in [5, 5.41) is 4.76. The third kappa shape index (κ3) is 3.13. The molecule has 0 amide bonds. The van der Waals surface area contributed by atoms with Gasteiger partial charge in [0.1, 0.15) is 6.34 Å². The summed E-state index contributed by atoms with van der Waals surface area (Å²) in [6.45, 7) is 2.66. The van der Waals surface area contributed by atoms with Gasteiger partial charge in [-0.25, -0.2) is 5.84 Å². The van der Waals surface area contributed by atoms with Crippen molar-refractivity contribution in [2.24, 2.45) is 16.8 Å². The van der Waals surface area contributed by atoms with Crippen molar-refractivity contribution >= 4 is 6.34 Å². The van der Waals surface area contributed by atoms with E-state index in [0.29, 0.717) is 6.54 Å². The van der Waals surface area contributed by atoms with E-state index in [9.17, 15) is 0 Å². The fourth-order valence-corrected chi connectivity index (χ4v) is 1.03. The van der Waals surface area contributed by atoms with Gasteiger partial charge in [0.2, 0.25) is 0 Å². The van der Waals surface area contributed by atoms with Gasteiger partial charge in [-0.05, 0) is 12.5 Å². The van der Waals surface area contributed by atoms with Crippen LogP contribution in [-0.2, 0) is 6.54 Å². The van der Waals surface area contributed by atoms with E-state index in [2.05, 4.69) is 5.10 Å².